The van der Waals surface area contributed by atoms with Crippen LogP contribution in [0.15, 0.2) is 36.7 Å². The van der Waals surface area contributed by atoms with Gasteiger partial charge in [-0.25, -0.2) is 4.98 Å². The quantitative estimate of drug-likeness (QED) is 0.848. The second-order valence-corrected chi connectivity index (χ2v) is 5.49. The Morgan fingerprint density at radius 1 is 1.25 bits per heavy atom. The predicted octanol–water partition coefficient (Wildman–Crippen LogP) is 3.32. The van der Waals surface area contributed by atoms with Crippen molar-refractivity contribution >= 4 is 11.6 Å². The number of aryl methyl sites for hydroxylation is 1. The highest BCUT2D eigenvalue weighted by atomic mass is 35.5. The largest absolute Gasteiger partial charge is 0.335 e. The molecule has 1 unspecified atom stereocenters. The number of likely N-dealkylation sites (N-methyl/N-ethyl adjacent to an activating group) is 1. The lowest BCUT2D eigenvalue weighted by molar-refractivity contribution is 0.520. The Balaban J connectivity index is 2.01. The van der Waals surface area contributed by atoms with Gasteiger partial charge in [0.15, 0.2) is 0 Å². The van der Waals surface area contributed by atoms with Crippen LogP contribution < -0.4 is 5.32 Å². The maximum absolute atomic E-state index is 5.92. The predicted molar refractivity (Wildman–Crippen MR) is 84.2 cm³/mol. The summed E-state index contributed by atoms with van der Waals surface area (Å²) in [5.41, 5.74) is 1.29. The number of rotatable bonds is 7. The molecular weight excluding hydrogens is 270 g/mol. The zero-order valence-corrected chi connectivity index (χ0v) is 12.9. The lowest BCUT2D eigenvalue weighted by Crippen LogP contribution is -2.31. The van der Waals surface area contributed by atoms with Gasteiger partial charge in [0, 0.05) is 36.4 Å². The van der Waals surface area contributed by atoms with Gasteiger partial charge < -0.3 is 9.88 Å². The van der Waals surface area contributed by atoms with Gasteiger partial charge in [0.2, 0.25) is 0 Å². The molecule has 2 aromatic rings. The molecule has 0 amide bonds. The minimum absolute atomic E-state index is 0.384. The van der Waals surface area contributed by atoms with Gasteiger partial charge in [-0.05, 0) is 37.6 Å². The minimum atomic E-state index is 0.384. The highest BCUT2D eigenvalue weighted by molar-refractivity contribution is 6.30. The fourth-order valence-electron chi connectivity index (χ4n) is 2.38. The molecule has 0 aliphatic carbocycles. The van der Waals surface area contributed by atoms with Crippen LogP contribution in [0.3, 0.4) is 0 Å². The SMILES string of the molecule is CCCn1ccnc1CC(Cc1ccc(Cl)cc1)NC. The van der Waals surface area contributed by atoms with Gasteiger partial charge in [0.05, 0.1) is 0 Å². The van der Waals surface area contributed by atoms with Gasteiger partial charge in [0.1, 0.15) is 5.82 Å². The van der Waals surface area contributed by atoms with Crippen molar-refractivity contribution in [2.45, 2.75) is 38.8 Å². The molecular formula is C16H22ClN3. The molecule has 1 heterocycles. The first-order chi connectivity index (χ1) is 9.72. The van der Waals surface area contributed by atoms with Crippen molar-refractivity contribution in [3.8, 4) is 0 Å². The maximum atomic E-state index is 5.92. The van der Waals surface area contributed by atoms with E-state index in [4.69, 9.17) is 11.6 Å². The third-order valence-electron chi connectivity index (χ3n) is 3.50. The average Bonchev–Trinajstić information content (AvgIpc) is 2.88. The zero-order valence-electron chi connectivity index (χ0n) is 12.1. The lowest BCUT2D eigenvalue weighted by atomic mass is 10.0. The molecule has 0 saturated heterocycles. The summed E-state index contributed by atoms with van der Waals surface area (Å²) in [5.74, 6) is 1.15. The Morgan fingerprint density at radius 2 is 2.00 bits per heavy atom. The molecule has 0 radical (unpaired) electrons. The molecule has 4 heteroatoms. The maximum Gasteiger partial charge on any atom is 0.110 e. The molecule has 2 rings (SSSR count). The molecule has 1 atom stereocenters. The Labute approximate surface area is 126 Å². The van der Waals surface area contributed by atoms with Crippen LogP contribution in [-0.2, 0) is 19.4 Å². The molecule has 20 heavy (non-hydrogen) atoms. The molecule has 108 valence electrons. The molecule has 0 fully saturated rings. The number of nitrogens with one attached hydrogen (secondary N) is 1. The molecule has 0 saturated carbocycles. The van der Waals surface area contributed by atoms with Gasteiger partial charge in [-0.15, -0.1) is 0 Å². The summed E-state index contributed by atoms with van der Waals surface area (Å²) < 4.78 is 2.24. The fourth-order valence-corrected chi connectivity index (χ4v) is 2.50. The number of benzene rings is 1. The monoisotopic (exact) mass is 291 g/mol. The van der Waals surface area contributed by atoms with Crippen LogP contribution in [0.1, 0.15) is 24.7 Å². The highest BCUT2D eigenvalue weighted by Crippen LogP contribution is 2.13. The van der Waals surface area contributed by atoms with Gasteiger partial charge >= 0.3 is 0 Å². The van der Waals surface area contributed by atoms with Gasteiger partial charge in [0.25, 0.3) is 0 Å². The first kappa shape index (κ1) is 15.1. The van der Waals surface area contributed by atoms with Crippen LogP contribution in [0.25, 0.3) is 0 Å². The number of nitrogens with zero attached hydrogens (tertiary/aromatic N) is 2. The van der Waals surface area contributed by atoms with Crippen LogP contribution in [0.5, 0.6) is 0 Å². The van der Waals surface area contributed by atoms with Crippen LogP contribution in [0.4, 0.5) is 0 Å². The summed E-state index contributed by atoms with van der Waals surface area (Å²) >= 11 is 5.92. The van der Waals surface area contributed by atoms with E-state index in [0.29, 0.717) is 6.04 Å². The number of halogens is 1. The van der Waals surface area contributed by atoms with E-state index in [2.05, 4.69) is 40.1 Å². The topological polar surface area (TPSA) is 29.9 Å². The van der Waals surface area contributed by atoms with Crippen molar-refractivity contribution in [3.05, 3.63) is 53.1 Å². The number of aromatic nitrogens is 2. The smallest absolute Gasteiger partial charge is 0.110 e. The third-order valence-corrected chi connectivity index (χ3v) is 3.75. The molecule has 3 nitrogen and oxygen atoms in total. The standard InChI is InChI=1S/C16H22ClN3/c1-3-9-20-10-8-19-16(20)12-15(18-2)11-13-4-6-14(17)7-5-13/h4-8,10,15,18H,3,9,11-12H2,1-2H3. The minimum Gasteiger partial charge on any atom is -0.335 e. The summed E-state index contributed by atoms with van der Waals surface area (Å²) in [6.45, 7) is 3.22. The van der Waals surface area contributed by atoms with E-state index in [1.807, 2.05) is 25.4 Å². The number of imidazole rings is 1. The number of hydrogen-bond donors (Lipinski definition) is 1. The molecule has 0 aliphatic rings. The molecule has 0 aliphatic heterocycles. The Hall–Kier alpha value is -1.32. The fraction of sp³-hybridized carbons (Fsp3) is 0.438. The van der Waals surface area contributed by atoms with E-state index in [-0.39, 0.29) is 0 Å². The van der Waals surface area contributed by atoms with Crippen molar-refractivity contribution in [2.75, 3.05) is 7.05 Å². The number of hydrogen-bond acceptors (Lipinski definition) is 2. The van der Waals surface area contributed by atoms with Gasteiger partial charge in [-0.3, -0.25) is 0 Å². The lowest BCUT2D eigenvalue weighted by Gasteiger charge is -2.17. The van der Waals surface area contributed by atoms with E-state index < -0.39 is 0 Å². The first-order valence-corrected chi connectivity index (χ1v) is 7.52. The molecule has 1 aromatic heterocycles. The zero-order chi connectivity index (χ0) is 14.4. The van der Waals surface area contributed by atoms with Crippen molar-refractivity contribution in [2.24, 2.45) is 0 Å². The molecule has 1 aromatic carbocycles. The summed E-state index contributed by atoms with van der Waals surface area (Å²) in [5, 5.41) is 4.17. The van der Waals surface area contributed by atoms with E-state index >= 15 is 0 Å². The van der Waals surface area contributed by atoms with Crippen molar-refractivity contribution in [1.29, 1.82) is 0 Å². The summed E-state index contributed by atoms with van der Waals surface area (Å²) in [7, 11) is 2.01. The van der Waals surface area contributed by atoms with Crippen LogP contribution in [0.2, 0.25) is 5.02 Å². The van der Waals surface area contributed by atoms with E-state index in [1.54, 1.807) is 0 Å². The molecule has 0 spiro atoms. The van der Waals surface area contributed by atoms with E-state index in [0.717, 1.165) is 36.7 Å². The van der Waals surface area contributed by atoms with Crippen LogP contribution >= 0.6 is 11.6 Å². The van der Waals surface area contributed by atoms with E-state index in [1.165, 1.54) is 5.56 Å². The van der Waals surface area contributed by atoms with Crippen molar-refractivity contribution in [3.63, 3.8) is 0 Å². The normalized spacial score (nSPS) is 12.6. The third kappa shape index (κ3) is 4.09. The first-order valence-electron chi connectivity index (χ1n) is 7.14. The Bertz CT molecular complexity index is 519. The summed E-state index contributed by atoms with van der Waals surface area (Å²) in [4.78, 5) is 4.48. The summed E-state index contributed by atoms with van der Waals surface area (Å²) in [6.07, 6.45) is 7.00. The van der Waals surface area contributed by atoms with Crippen molar-refractivity contribution in [1.82, 2.24) is 14.9 Å². The second-order valence-electron chi connectivity index (χ2n) is 5.06. The van der Waals surface area contributed by atoms with Crippen LogP contribution in [0, 0.1) is 0 Å². The highest BCUT2D eigenvalue weighted by Gasteiger charge is 2.12. The van der Waals surface area contributed by atoms with Crippen LogP contribution in [-0.4, -0.2) is 22.6 Å². The Kier molecular flexibility index (Phi) is 5.62. The average molecular weight is 292 g/mol. The van der Waals surface area contributed by atoms with E-state index in [9.17, 15) is 0 Å². The second kappa shape index (κ2) is 7.46. The van der Waals surface area contributed by atoms with Gasteiger partial charge in [-0.2, -0.15) is 0 Å². The van der Waals surface area contributed by atoms with Gasteiger partial charge in [-0.1, -0.05) is 30.7 Å². The molecule has 0 bridgehead atoms. The van der Waals surface area contributed by atoms with Crippen molar-refractivity contribution < 1.29 is 0 Å². The Morgan fingerprint density at radius 3 is 2.65 bits per heavy atom. The molecule has 1 N–H and O–H groups in total. The summed E-state index contributed by atoms with van der Waals surface area (Å²) in [6, 6.07) is 8.45.